The molecule has 0 radical (unpaired) electrons. The third kappa shape index (κ3) is 2.23. The van der Waals surface area contributed by atoms with Gasteiger partial charge in [0.25, 0.3) is 9.05 Å². The molecule has 0 saturated heterocycles. The largest absolute Gasteiger partial charge is 0.257 e. The molecule has 0 aliphatic heterocycles. The fourth-order valence-corrected chi connectivity index (χ4v) is 3.15. The van der Waals surface area contributed by atoms with E-state index in [4.69, 9.17) is 10.7 Å². The SMILES string of the molecule is CCC1=C(S(=O)(=O)Cl)CCCC1. The lowest BCUT2D eigenvalue weighted by Gasteiger charge is -2.16. The summed E-state index contributed by atoms with van der Waals surface area (Å²) in [5, 5.41) is 0. The van der Waals surface area contributed by atoms with Gasteiger partial charge >= 0.3 is 0 Å². The summed E-state index contributed by atoms with van der Waals surface area (Å²) in [4.78, 5) is 0.484. The van der Waals surface area contributed by atoms with Crippen LogP contribution in [0, 0.1) is 0 Å². The van der Waals surface area contributed by atoms with Gasteiger partial charge in [-0.05, 0) is 32.1 Å². The lowest BCUT2D eigenvalue weighted by Crippen LogP contribution is -2.05. The van der Waals surface area contributed by atoms with Crippen molar-refractivity contribution >= 4 is 19.7 Å². The maximum absolute atomic E-state index is 11.1. The standard InChI is InChI=1S/C8H13ClO2S/c1-2-7-5-3-4-6-8(7)12(9,10)11/h2-6H2,1H3. The van der Waals surface area contributed by atoms with E-state index in [-0.39, 0.29) is 0 Å². The fraction of sp³-hybridized carbons (Fsp3) is 0.750. The normalized spacial score (nSPS) is 19.8. The highest BCUT2D eigenvalue weighted by atomic mass is 35.7. The molecule has 1 aliphatic rings. The van der Waals surface area contributed by atoms with Crippen molar-refractivity contribution in [3.63, 3.8) is 0 Å². The summed E-state index contributed by atoms with van der Waals surface area (Å²) in [6, 6.07) is 0. The van der Waals surface area contributed by atoms with Crippen LogP contribution in [-0.4, -0.2) is 8.42 Å². The number of hydrogen-bond acceptors (Lipinski definition) is 2. The third-order valence-electron chi connectivity index (χ3n) is 2.25. The van der Waals surface area contributed by atoms with E-state index in [0.29, 0.717) is 11.3 Å². The first-order valence-electron chi connectivity index (χ1n) is 4.21. The molecule has 12 heavy (non-hydrogen) atoms. The number of halogens is 1. The van der Waals surface area contributed by atoms with Gasteiger partial charge in [-0.2, -0.15) is 0 Å². The summed E-state index contributed by atoms with van der Waals surface area (Å²) < 4.78 is 22.1. The Balaban J connectivity index is 3.04. The topological polar surface area (TPSA) is 34.1 Å². The first-order valence-corrected chi connectivity index (χ1v) is 6.52. The molecule has 0 amide bonds. The van der Waals surface area contributed by atoms with Crippen LogP contribution < -0.4 is 0 Å². The minimum Gasteiger partial charge on any atom is -0.207 e. The van der Waals surface area contributed by atoms with Gasteiger partial charge in [-0.25, -0.2) is 8.42 Å². The average molecular weight is 209 g/mol. The van der Waals surface area contributed by atoms with Crippen molar-refractivity contribution in [2.75, 3.05) is 0 Å². The average Bonchev–Trinajstić information content (AvgIpc) is 2.03. The van der Waals surface area contributed by atoms with E-state index < -0.39 is 9.05 Å². The van der Waals surface area contributed by atoms with Gasteiger partial charge in [0.1, 0.15) is 0 Å². The van der Waals surface area contributed by atoms with Crippen molar-refractivity contribution in [3.05, 3.63) is 10.5 Å². The molecule has 2 nitrogen and oxygen atoms in total. The number of allylic oxidation sites excluding steroid dienone is 2. The van der Waals surface area contributed by atoms with Crippen LogP contribution in [0.3, 0.4) is 0 Å². The van der Waals surface area contributed by atoms with Crippen molar-refractivity contribution in [1.82, 2.24) is 0 Å². The van der Waals surface area contributed by atoms with Gasteiger partial charge < -0.3 is 0 Å². The van der Waals surface area contributed by atoms with Gasteiger partial charge in [-0.3, -0.25) is 0 Å². The zero-order valence-electron chi connectivity index (χ0n) is 7.14. The molecule has 0 fully saturated rings. The van der Waals surface area contributed by atoms with E-state index in [9.17, 15) is 8.42 Å². The molecule has 0 bridgehead atoms. The smallest absolute Gasteiger partial charge is 0.207 e. The number of hydrogen-bond donors (Lipinski definition) is 0. The summed E-state index contributed by atoms with van der Waals surface area (Å²) >= 11 is 0. The number of rotatable bonds is 2. The Kier molecular flexibility index (Phi) is 3.18. The van der Waals surface area contributed by atoms with E-state index in [0.717, 1.165) is 31.3 Å². The van der Waals surface area contributed by atoms with Crippen molar-refractivity contribution in [1.29, 1.82) is 0 Å². The lowest BCUT2D eigenvalue weighted by molar-refractivity contribution is 0.603. The summed E-state index contributed by atoms with van der Waals surface area (Å²) in [7, 11) is 1.86. The maximum atomic E-state index is 11.1. The Morgan fingerprint density at radius 3 is 2.33 bits per heavy atom. The minimum atomic E-state index is -3.44. The molecular weight excluding hydrogens is 196 g/mol. The highest BCUT2D eigenvalue weighted by Crippen LogP contribution is 2.31. The zero-order valence-corrected chi connectivity index (χ0v) is 8.71. The summed E-state index contributed by atoms with van der Waals surface area (Å²) in [6.07, 6.45) is 4.39. The quantitative estimate of drug-likeness (QED) is 0.654. The molecule has 0 unspecified atom stereocenters. The molecule has 0 atom stereocenters. The molecule has 0 aromatic carbocycles. The predicted octanol–water partition coefficient (Wildman–Crippen LogP) is 2.79. The van der Waals surface area contributed by atoms with E-state index >= 15 is 0 Å². The second-order valence-corrected chi connectivity index (χ2v) is 5.61. The van der Waals surface area contributed by atoms with Gasteiger partial charge in [-0.1, -0.05) is 12.5 Å². The van der Waals surface area contributed by atoms with Gasteiger partial charge in [0.2, 0.25) is 0 Å². The van der Waals surface area contributed by atoms with Crippen molar-refractivity contribution < 1.29 is 8.42 Å². The molecule has 0 aromatic rings. The molecule has 4 heteroatoms. The third-order valence-corrected chi connectivity index (χ3v) is 3.89. The predicted molar refractivity (Wildman–Crippen MR) is 50.6 cm³/mol. The summed E-state index contributed by atoms with van der Waals surface area (Å²) in [5.41, 5.74) is 1.02. The molecule has 0 saturated carbocycles. The van der Waals surface area contributed by atoms with Gasteiger partial charge in [0.05, 0.1) is 4.91 Å². The van der Waals surface area contributed by atoms with E-state index in [1.54, 1.807) is 0 Å². The van der Waals surface area contributed by atoms with Crippen LogP contribution in [0.1, 0.15) is 39.0 Å². The van der Waals surface area contributed by atoms with Gasteiger partial charge in [-0.15, -0.1) is 0 Å². The van der Waals surface area contributed by atoms with Gasteiger partial charge in [0.15, 0.2) is 0 Å². The lowest BCUT2D eigenvalue weighted by atomic mass is 9.98. The van der Waals surface area contributed by atoms with E-state index in [1.807, 2.05) is 6.92 Å². The second kappa shape index (κ2) is 3.79. The van der Waals surface area contributed by atoms with Crippen LogP contribution in [0.5, 0.6) is 0 Å². The van der Waals surface area contributed by atoms with Crippen molar-refractivity contribution in [2.45, 2.75) is 39.0 Å². The second-order valence-electron chi connectivity index (χ2n) is 3.03. The van der Waals surface area contributed by atoms with Crippen LogP contribution in [0.4, 0.5) is 0 Å². The van der Waals surface area contributed by atoms with Crippen LogP contribution in [0.2, 0.25) is 0 Å². The van der Waals surface area contributed by atoms with Crippen LogP contribution in [-0.2, 0) is 9.05 Å². The van der Waals surface area contributed by atoms with Crippen LogP contribution in [0.25, 0.3) is 0 Å². The maximum Gasteiger partial charge on any atom is 0.257 e. The monoisotopic (exact) mass is 208 g/mol. The first-order chi connectivity index (χ1) is 5.55. The van der Waals surface area contributed by atoms with Gasteiger partial charge in [0, 0.05) is 10.7 Å². The molecule has 0 N–H and O–H groups in total. The molecule has 1 rings (SSSR count). The van der Waals surface area contributed by atoms with Crippen molar-refractivity contribution in [2.24, 2.45) is 0 Å². The Morgan fingerprint density at radius 1 is 1.33 bits per heavy atom. The molecule has 70 valence electrons. The molecule has 0 aromatic heterocycles. The van der Waals surface area contributed by atoms with Crippen molar-refractivity contribution in [3.8, 4) is 0 Å². The Morgan fingerprint density at radius 2 is 1.92 bits per heavy atom. The van der Waals surface area contributed by atoms with Crippen LogP contribution in [0.15, 0.2) is 10.5 Å². The van der Waals surface area contributed by atoms with Crippen LogP contribution >= 0.6 is 10.7 Å². The molecule has 1 aliphatic carbocycles. The Bertz CT molecular complexity index is 290. The Labute approximate surface area is 78.0 Å². The van der Waals surface area contributed by atoms with E-state index in [2.05, 4.69) is 0 Å². The minimum absolute atomic E-state index is 0.484. The Hall–Kier alpha value is -0.0200. The zero-order chi connectivity index (χ0) is 9.19. The summed E-state index contributed by atoms with van der Waals surface area (Å²) in [6.45, 7) is 1.97. The fourth-order valence-electron chi connectivity index (χ4n) is 1.61. The molecule has 0 heterocycles. The molecular formula is C8H13ClO2S. The summed E-state index contributed by atoms with van der Waals surface area (Å²) in [5.74, 6) is 0. The van der Waals surface area contributed by atoms with E-state index in [1.165, 1.54) is 0 Å². The highest BCUT2D eigenvalue weighted by Gasteiger charge is 2.21. The highest BCUT2D eigenvalue weighted by molar-refractivity contribution is 8.16. The molecule has 0 spiro atoms. The first kappa shape index (κ1) is 10.1.